The van der Waals surface area contributed by atoms with E-state index in [0.29, 0.717) is 12.8 Å². The zero-order valence-electron chi connectivity index (χ0n) is 9.69. The smallest absolute Gasteiger partial charge is 0.331 e. The summed E-state index contributed by atoms with van der Waals surface area (Å²) in [6, 6.07) is 0. The lowest BCUT2D eigenvalue weighted by Gasteiger charge is -2.00. The maximum atomic E-state index is 10.8. The lowest BCUT2D eigenvalue weighted by molar-refractivity contribution is -0.133. The molecular weight excluding hydrogens is 208 g/mol. The van der Waals surface area contributed by atoms with Crippen LogP contribution >= 0.6 is 0 Å². The molecule has 0 aromatic carbocycles. The highest BCUT2D eigenvalue weighted by molar-refractivity contribution is 5.89. The van der Waals surface area contributed by atoms with Crippen molar-refractivity contribution in [2.45, 2.75) is 39.5 Å². The zero-order valence-corrected chi connectivity index (χ0v) is 9.69. The van der Waals surface area contributed by atoms with E-state index in [0.717, 1.165) is 12.8 Å². The molecule has 0 aromatic heterocycles. The van der Waals surface area contributed by atoms with Crippen molar-refractivity contribution >= 4 is 11.9 Å². The Balaban J connectivity index is 4.77. The van der Waals surface area contributed by atoms with Crippen LogP contribution in [0.2, 0.25) is 0 Å². The molecule has 0 saturated heterocycles. The number of carboxylic acid groups (broad SMARTS) is 2. The minimum atomic E-state index is -1.00. The first-order valence-corrected chi connectivity index (χ1v) is 5.39. The first kappa shape index (κ1) is 14.4. The van der Waals surface area contributed by atoms with Crippen LogP contribution in [0.1, 0.15) is 39.5 Å². The normalized spacial score (nSPS) is 12.6. The summed E-state index contributed by atoms with van der Waals surface area (Å²) in [5.74, 6) is -1.98. The third-order valence-electron chi connectivity index (χ3n) is 2.22. The summed E-state index contributed by atoms with van der Waals surface area (Å²) < 4.78 is 0. The molecule has 0 rings (SSSR count). The standard InChI is InChI=1S/C12H18O4/c1-3-5-6-10(12(15)16)8-7-9(4-2)11(13)14/h7-8H,3-6H2,1-2H3,(H,13,14)(H,15,16). The SMILES string of the molecule is CCCCC(=CC=C(CC)C(=O)O)C(=O)O. The van der Waals surface area contributed by atoms with Gasteiger partial charge in [0.25, 0.3) is 0 Å². The van der Waals surface area contributed by atoms with E-state index in [1.165, 1.54) is 12.2 Å². The molecule has 0 fully saturated rings. The molecular formula is C12H18O4. The van der Waals surface area contributed by atoms with Crippen molar-refractivity contribution < 1.29 is 19.8 Å². The fourth-order valence-electron chi connectivity index (χ4n) is 1.17. The van der Waals surface area contributed by atoms with E-state index in [1.54, 1.807) is 6.92 Å². The highest BCUT2D eigenvalue weighted by Crippen LogP contribution is 2.09. The molecule has 0 bridgehead atoms. The summed E-state index contributed by atoms with van der Waals surface area (Å²) >= 11 is 0. The Morgan fingerprint density at radius 3 is 1.88 bits per heavy atom. The fourth-order valence-corrected chi connectivity index (χ4v) is 1.17. The van der Waals surface area contributed by atoms with Gasteiger partial charge in [0.15, 0.2) is 0 Å². The van der Waals surface area contributed by atoms with Crippen molar-refractivity contribution in [3.05, 3.63) is 23.3 Å². The number of hydrogen-bond acceptors (Lipinski definition) is 2. The molecule has 4 heteroatoms. The van der Waals surface area contributed by atoms with Crippen LogP contribution in [0.3, 0.4) is 0 Å². The van der Waals surface area contributed by atoms with Gasteiger partial charge in [-0.3, -0.25) is 0 Å². The fraction of sp³-hybridized carbons (Fsp3) is 0.500. The molecule has 0 radical (unpaired) electrons. The van der Waals surface area contributed by atoms with Crippen molar-refractivity contribution in [2.24, 2.45) is 0 Å². The van der Waals surface area contributed by atoms with Crippen molar-refractivity contribution in [2.75, 3.05) is 0 Å². The van der Waals surface area contributed by atoms with Gasteiger partial charge in [0.05, 0.1) is 0 Å². The maximum absolute atomic E-state index is 10.8. The van der Waals surface area contributed by atoms with Gasteiger partial charge in [-0.1, -0.05) is 32.4 Å². The number of allylic oxidation sites excluding steroid dienone is 2. The molecule has 0 aliphatic carbocycles. The monoisotopic (exact) mass is 226 g/mol. The molecule has 0 atom stereocenters. The molecule has 0 spiro atoms. The Morgan fingerprint density at radius 2 is 1.50 bits per heavy atom. The number of unbranched alkanes of at least 4 members (excludes halogenated alkanes) is 1. The minimum absolute atomic E-state index is 0.218. The molecule has 2 N–H and O–H groups in total. The van der Waals surface area contributed by atoms with Crippen LogP contribution in [-0.4, -0.2) is 22.2 Å². The highest BCUT2D eigenvalue weighted by Gasteiger charge is 2.07. The van der Waals surface area contributed by atoms with Gasteiger partial charge in [-0.25, -0.2) is 9.59 Å². The lowest BCUT2D eigenvalue weighted by atomic mass is 10.1. The van der Waals surface area contributed by atoms with Crippen molar-refractivity contribution in [1.82, 2.24) is 0 Å². The van der Waals surface area contributed by atoms with E-state index in [9.17, 15) is 9.59 Å². The Kier molecular flexibility index (Phi) is 6.92. The van der Waals surface area contributed by atoms with Crippen LogP contribution in [0.4, 0.5) is 0 Å². The van der Waals surface area contributed by atoms with Crippen LogP contribution in [0.25, 0.3) is 0 Å². The maximum Gasteiger partial charge on any atom is 0.331 e. The Bertz CT molecular complexity index is 313. The molecule has 0 heterocycles. The molecule has 0 aliphatic rings. The Morgan fingerprint density at radius 1 is 1.00 bits per heavy atom. The van der Waals surface area contributed by atoms with E-state index < -0.39 is 11.9 Å². The summed E-state index contributed by atoms with van der Waals surface area (Å²) in [6.07, 6.45) is 5.33. The predicted octanol–water partition coefficient (Wildman–Crippen LogP) is 2.61. The predicted molar refractivity (Wildman–Crippen MR) is 61.3 cm³/mol. The summed E-state index contributed by atoms with van der Waals surface area (Å²) in [6.45, 7) is 3.70. The first-order chi connectivity index (χ1) is 7.52. The van der Waals surface area contributed by atoms with Crippen LogP contribution in [-0.2, 0) is 9.59 Å². The second-order valence-corrected chi connectivity index (χ2v) is 3.45. The summed E-state index contributed by atoms with van der Waals surface area (Å²) in [4.78, 5) is 21.5. The second-order valence-electron chi connectivity index (χ2n) is 3.45. The number of carboxylic acids is 2. The first-order valence-electron chi connectivity index (χ1n) is 5.39. The van der Waals surface area contributed by atoms with Gasteiger partial charge >= 0.3 is 11.9 Å². The van der Waals surface area contributed by atoms with Gasteiger partial charge in [0, 0.05) is 11.1 Å². The van der Waals surface area contributed by atoms with Crippen molar-refractivity contribution in [1.29, 1.82) is 0 Å². The van der Waals surface area contributed by atoms with E-state index in [1.807, 2.05) is 6.92 Å². The van der Waals surface area contributed by atoms with Crippen LogP contribution in [0.15, 0.2) is 23.3 Å². The average molecular weight is 226 g/mol. The molecule has 0 aromatic rings. The van der Waals surface area contributed by atoms with Crippen LogP contribution in [0, 0.1) is 0 Å². The minimum Gasteiger partial charge on any atom is -0.478 e. The highest BCUT2D eigenvalue weighted by atomic mass is 16.4. The third-order valence-corrected chi connectivity index (χ3v) is 2.22. The van der Waals surface area contributed by atoms with Crippen LogP contribution in [0.5, 0.6) is 0 Å². The number of rotatable bonds is 7. The van der Waals surface area contributed by atoms with E-state index >= 15 is 0 Å². The van der Waals surface area contributed by atoms with Gasteiger partial charge in [-0.05, 0) is 19.3 Å². The number of aliphatic carboxylic acids is 2. The molecule has 0 amide bonds. The van der Waals surface area contributed by atoms with Crippen molar-refractivity contribution in [3.8, 4) is 0 Å². The zero-order chi connectivity index (χ0) is 12.6. The van der Waals surface area contributed by atoms with E-state index in [2.05, 4.69) is 0 Å². The Hall–Kier alpha value is -1.58. The van der Waals surface area contributed by atoms with Gasteiger partial charge in [0.1, 0.15) is 0 Å². The van der Waals surface area contributed by atoms with E-state index in [4.69, 9.17) is 10.2 Å². The average Bonchev–Trinajstić information content (AvgIpc) is 2.22. The lowest BCUT2D eigenvalue weighted by Crippen LogP contribution is -2.02. The molecule has 90 valence electrons. The van der Waals surface area contributed by atoms with Gasteiger partial charge < -0.3 is 10.2 Å². The van der Waals surface area contributed by atoms with E-state index in [-0.39, 0.29) is 11.1 Å². The molecule has 0 saturated carbocycles. The van der Waals surface area contributed by atoms with Crippen molar-refractivity contribution in [3.63, 3.8) is 0 Å². The molecule has 0 aliphatic heterocycles. The summed E-state index contributed by atoms with van der Waals surface area (Å²) in [5, 5.41) is 17.6. The molecule has 4 nitrogen and oxygen atoms in total. The number of carbonyl (C=O) groups is 2. The summed E-state index contributed by atoms with van der Waals surface area (Å²) in [7, 11) is 0. The van der Waals surface area contributed by atoms with Gasteiger partial charge in [-0.2, -0.15) is 0 Å². The summed E-state index contributed by atoms with van der Waals surface area (Å²) in [5.41, 5.74) is 0.476. The molecule has 0 unspecified atom stereocenters. The third kappa shape index (κ3) is 5.34. The Labute approximate surface area is 95.3 Å². The van der Waals surface area contributed by atoms with Crippen LogP contribution < -0.4 is 0 Å². The topological polar surface area (TPSA) is 74.6 Å². The van der Waals surface area contributed by atoms with Gasteiger partial charge in [-0.15, -0.1) is 0 Å². The second kappa shape index (κ2) is 7.68. The van der Waals surface area contributed by atoms with Gasteiger partial charge in [0.2, 0.25) is 0 Å². The number of hydrogen-bond donors (Lipinski definition) is 2. The molecule has 16 heavy (non-hydrogen) atoms. The quantitative estimate of drug-likeness (QED) is 0.517. The largest absolute Gasteiger partial charge is 0.478 e.